The van der Waals surface area contributed by atoms with Gasteiger partial charge in [-0.05, 0) is 54.8 Å². The summed E-state index contributed by atoms with van der Waals surface area (Å²) >= 11 is 3.35. The third-order valence-corrected chi connectivity index (χ3v) is 8.11. The molecule has 170 valence electrons. The van der Waals surface area contributed by atoms with Gasteiger partial charge in [-0.1, -0.05) is 38.1 Å². The standard InChI is InChI=1S/C26H27N3O2S2/c1-16(2)17-8-10-18(11-9-17)31-15-23(30)28-26-24(19-12-13-29(3)14-22(19)33-26)25-27-20-6-4-5-7-21(20)32-25/h4-11,16H,12-15H2,1-3H3,(H,28,30). The molecule has 2 aromatic carbocycles. The molecule has 4 aromatic rings. The first-order chi connectivity index (χ1) is 16.0. The average molecular weight is 478 g/mol. The highest BCUT2D eigenvalue weighted by Gasteiger charge is 2.26. The Hall–Kier alpha value is -2.74. The van der Waals surface area contributed by atoms with Crippen molar-refractivity contribution in [2.45, 2.75) is 32.7 Å². The van der Waals surface area contributed by atoms with Gasteiger partial charge < -0.3 is 15.0 Å². The quantitative estimate of drug-likeness (QED) is 0.362. The van der Waals surface area contributed by atoms with Gasteiger partial charge in [0.15, 0.2) is 6.61 Å². The van der Waals surface area contributed by atoms with E-state index in [1.807, 2.05) is 42.5 Å². The van der Waals surface area contributed by atoms with Crippen molar-refractivity contribution in [3.63, 3.8) is 0 Å². The summed E-state index contributed by atoms with van der Waals surface area (Å²) in [6.45, 7) is 6.19. The maximum atomic E-state index is 12.8. The number of aromatic nitrogens is 1. The summed E-state index contributed by atoms with van der Waals surface area (Å²) < 4.78 is 6.92. The molecule has 0 saturated carbocycles. The topological polar surface area (TPSA) is 54.5 Å². The number of benzene rings is 2. The Bertz CT molecular complexity index is 1260. The van der Waals surface area contributed by atoms with Gasteiger partial charge in [0.25, 0.3) is 5.91 Å². The van der Waals surface area contributed by atoms with E-state index >= 15 is 0 Å². The van der Waals surface area contributed by atoms with Gasteiger partial charge in [0, 0.05) is 23.5 Å². The Morgan fingerprint density at radius 3 is 2.70 bits per heavy atom. The lowest BCUT2D eigenvalue weighted by molar-refractivity contribution is -0.118. The molecule has 7 heteroatoms. The summed E-state index contributed by atoms with van der Waals surface area (Å²) in [6.07, 6.45) is 0.960. The van der Waals surface area contributed by atoms with E-state index in [0.29, 0.717) is 11.7 Å². The van der Waals surface area contributed by atoms with Crippen molar-refractivity contribution in [2.24, 2.45) is 0 Å². The number of likely N-dealkylation sites (N-methyl/N-ethyl adjacent to an activating group) is 1. The number of carbonyl (C=O) groups is 1. The molecule has 1 aliphatic heterocycles. The number of hydrogen-bond donors (Lipinski definition) is 1. The minimum Gasteiger partial charge on any atom is -0.484 e. The lowest BCUT2D eigenvalue weighted by atomic mass is 10.0. The van der Waals surface area contributed by atoms with E-state index in [0.717, 1.165) is 45.3 Å². The van der Waals surface area contributed by atoms with Gasteiger partial charge in [-0.2, -0.15) is 0 Å². The summed E-state index contributed by atoms with van der Waals surface area (Å²) in [5, 5.41) is 4.97. The molecule has 0 bridgehead atoms. The first-order valence-corrected chi connectivity index (χ1v) is 12.8. The second kappa shape index (κ2) is 9.25. The van der Waals surface area contributed by atoms with Gasteiger partial charge in [0.1, 0.15) is 15.8 Å². The zero-order valence-electron chi connectivity index (χ0n) is 19.1. The van der Waals surface area contributed by atoms with Crippen molar-refractivity contribution in [1.29, 1.82) is 0 Å². The van der Waals surface area contributed by atoms with Crippen molar-refractivity contribution >= 4 is 43.8 Å². The fraction of sp³-hybridized carbons (Fsp3) is 0.308. The number of rotatable bonds is 6. The molecular formula is C26H27N3O2S2. The molecule has 0 aliphatic carbocycles. The van der Waals surface area contributed by atoms with Gasteiger partial charge in [-0.3, -0.25) is 4.79 Å². The fourth-order valence-electron chi connectivity index (χ4n) is 4.09. The lowest BCUT2D eigenvalue weighted by Crippen LogP contribution is -2.25. The molecule has 0 radical (unpaired) electrons. The molecule has 0 unspecified atom stereocenters. The molecule has 0 atom stereocenters. The van der Waals surface area contributed by atoms with Crippen molar-refractivity contribution in [3.05, 3.63) is 64.5 Å². The van der Waals surface area contributed by atoms with Crippen LogP contribution in [-0.2, 0) is 17.8 Å². The smallest absolute Gasteiger partial charge is 0.262 e. The van der Waals surface area contributed by atoms with Crippen LogP contribution in [0.5, 0.6) is 5.75 Å². The van der Waals surface area contributed by atoms with Crippen LogP contribution >= 0.6 is 22.7 Å². The minimum atomic E-state index is -0.155. The molecule has 2 aromatic heterocycles. The summed E-state index contributed by atoms with van der Waals surface area (Å²) in [4.78, 5) is 21.4. The molecule has 0 fully saturated rings. The minimum absolute atomic E-state index is 0.0250. The van der Waals surface area contributed by atoms with Crippen molar-refractivity contribution in [2.75, 3.05) is 25.5 Å². The molecular weight excluding hydrogens is 450 g/mol. The number of para-hydroxylation sites is 1. The van der Waals surface area contributed by atoms with Crippen LogP contribution < -0.4 is 10.1 Å². The molecule has 1 aliphatic rings. The molecule has 1 amide bonds. The number of carbonyl (C=O) groups excluding carboxylic acids is 1. The van der Waals surface area contributed by atoms with Crippen molar-refractivity contribution < 1.29 is 9.53 Å². The van der Waals surface area contributed by atoms with E-state index < -0.39 is 0 Å². The second-order valence-electron chi connectivity index (χ2n) is 8.74. The Balaban J connectivity index is 1.38. The van der Waals surface area contributed by atoms with Crippen LogP contribution in [0, 0.1) is 0 Å². The maximum Gasteiger partial charge on any atom is 0.262 e. The zero-order valence-corrected chi connectivity index (χ0v) is 20.7. The van der Waals surface area contributed by atoms with Crippen molar-refractivity contribution in [3.8, 4) is 16.3 Å². The number of fused-ring (bicyclic) bond motifs is 2. The first kappa shape index (κ1) is 22.1. The van der Waals surface area contributed by atoms with E-state index in [-0.39, 0.29) is 12.5 Å². The predicted octanol–water partition coefficient (Wildman–Crippen LogP) is 6.15. The number of hydrogen-bond acceptors (Lipinski definition) is 6. The molecule has 33 heavy (non-hydrogen) atoms. The Morgan fingerprint density at radius 1 is 1.15 bits per heavy atom. The maximum absolute atomic E-state index is 12.8. The van der Waals surface area contributed by atoms with Gasteiger partial charge >= 0.3 is 0 Å². The van der Waals surface area contributed by atoms with Crippen LogP contribution in [0.15, 0.2) is 48.5 Å². The molecule has 5 nitrogen and oxygen atoms in total. The molecule has 3 heterocycles. The Kier molecular flexibility index (Phi) is 6.19. The normalized spacial score (nSPS) is 13.9. The average Bonchev–Trinajstić information content (AvgIpc) is 3.38. The predicted molar refractivity (Wildman–Crippen MR) is 138 cm³/mol. The van der Waals surface area contributed by atoms with Gasteiger partial charge in [0.2, 0.25) is 0 Å². The van der Waals surface area contributed by atoms with E-state index in [9.17, 15) is 4.79 Å². The summed E-state index contributed by atoms with van der Waals surface area (Å²) in [5.41, 5.74) is 4.65. The largest absolute Gasteiger partial charge is 0.484 e. The van der Waals surface area contributed by atoms with Crippen molar-refractivity contribution in [1.82, 2.24) is 9.88 Å². The molecule has 5 rings (SSSR count). The number of anilines is 1. The molecule has 1 N–H and O–H groups in total. The number of nitrogens with one attached hydrogen (secondary N) is 1. The second-order valence-corrected chi connectivity index (χ2v) is 10.9. The highest BCUT2D eigenvalue weighted by molar-refractivity contribution is 7.22. The number of amides is 1. The van der Waals surface area contributed by atoms with E-state index in [1.165, 1.54) is 16.0 Å². The number of thiazole rings is 1. The highest BCUT2D eigenvalue weighted by Crippen LogP contribution is 2.45. The van der Waals surface area contributed by atoms with Crippen LogP contribution in [0.1, 0.15) is 35.8 Å². The van der Waals surface area contributed by atoms with Crippen LogP contribution in [-0.4, -0.2) is 36.0 Å². The first-order valence-electron chi connectivity index (χ1n) is 11.2. The molecule has 0 saturated heterocycles. The van der Waals surface area contributed by atoms with Gasteiger partial charge in [-0.15, -0.1) is 22.7 Å². The summed E-state index contributed by atoms with van der Waals surface area (Å²) in [5.74, 6) is 1.01. The van der Waals surface area contributed by atoms with Gasteiger partial charge in [-0.25, -0.2) is 4.98 Å². The van der Waals surface area contributed by atoms with Gasteiger partial charge in [0.05, 0.1) is 10.2 Å². The number of nitrogens with zero attached hydrogens (tertiary/aromatic N) is 2. The van der Waals surface area contributed by atoms with Crippen LogP contribution in [0.3, 0.4) is 0 Å². The molecule has 0 spiro atoms. The lowest BCUT2D eigenvalue weighted by Gasteiger charge is -2.22. The van der Waals surface area contributed by atoms with E-state index in [1.54, 1.807) is 22.7 Å². The van der Waals surface area contributed by atoms with E-state index in [4.69, 9.17) is 9.72 Å². The SMILES string of the molecule is CC(C)c1ccc(OCC(=O)Nc2sc3c(c2-c2nc4ccccc4s2)CCN(C)C3)cc1. The van der Waals surface area contributed by atoms with Crippen LogP contribution in [0.25, 0.3) is 20.8 Å². The Morgan fingerprint density at radius 2 is 1.94 bits per heavy atom. The number of thiophene rings is 1. The highest BCUT2D eigenvalue weighted by atomic mass is 32.1. The third kappa shape index (κ3) is 4.67. The fourth-order valence-corrected chi connectivity index (χ4v) is 6.54. The number of ether oxygens (including phenoxy) is 1. The van der Waals surface area contributed by atoms with Crippen LogP contribution in [0.2, 0.25) is 0 Å². The summed E-state index contributed by atoms with van der Waals surface area (Å²) in [7, 11) is 2.14. The van der Waals surface area contributed by atoms with E-state index in [2.05, 4.69) is 37.2 Å². The third-order valence-electron chi connectivity index (χ3n) is 5.93. The zero-order chi connectivity index (χ0) is 22.9. The summed E-state index contributed by atoms with van der Waals surface area (Å²) in [6, 6.07) is 16.1. The van der Waals surface area contributed by atoms with Crippen LogP contribution in [0.4, 0.5) is 5.00 Å². The monoisotopic (exact) mass is 477 g/mol. The Labute approximate surface area is 202 Å².